The number of aryl methyl sites for hydroxylation is 1. The van der Waals surface area contributed by atoms with Gasteiger partial charge in [0.25, 0.3) is 12.0 Å². The van der Waals surface area contributed by atoms with E-state index in [1.807, 2.05) is 20.8 Å². The van der Waals surface area contributed by atoms with Gasteiger partial charge in [-0.1, -0.05) is 34.1 Å². The summed E-state index contributed by atoms with van der Waals surface area (Å²) < 4.78 is 80.6. The lowest BCUT2D eigenvalue weighted by Gasteiger charge is -2.24. The van der Waals surface area contributed by atoms with Gasteiger partial charge >= 0.3 is 12.4 Å². The van der Waals surface area contributed by atoms with Crippen molar-refractivity contribution in [1.82, 2.24) is 9.55 Å². The lowest BCUT2D eigenvalue weighted by atomic mass is 10.0. The smallest absolute Gasteiger partial charge is 0.389 e. The van der Waals surface area contributed by atoms with E-state index in [0.717, 1.165) is 4.57 Å². The number of hydrogen-bond donors (Lipinski definition) is 1. The van der Waals surface area contributed by atoms with E-state index in [1.54, 1.807) is 20.8 Å². The first-order valence-corrected chi connectivity index (χ1v) is 11.3. The molecular weight excluding hydrogens is 468 g/mol. The maximum Gasteiger partial charge on any atom is 0.389 e. The van der Waals surface area contributed by atoms with Crippen molar-refractivity contribution in [3.63, 3.8) is 0 Å². The van der Waals surface area contributed by atoms with Crippen LogP contribution in [0.15, 0.2) is 4.79 Å². The Morgan fingerprint density at radius 1 is 1.03 bits per heavy atom. The Morgan fingerprint density at radius 3 is 1.79 bits per heavy atom. The predicted molar refractivity (Wildman–Crippen MR) is 120 cm³/mol. The van der Waals surface area contributed by atoms with Crippen molar-refractivity contribution in [2.45, 2.75) is 111 Å². The number of carbonyl (C=O) groups is 1. The SMILES string of the molecule is CC.CC(C)OC=O.CCCc1c(CC)nc(N)n(C(CCC(F)(F)F)CCC(F)(F)F)c1=O. The second-order valence-corrected chi connectivity index (χ2v) is 7.42. The van der Waals surface area contributed by atoms with Crippen LogP contribution in [0.2, 0.25) is 0 Å². The number of nitrogens with two attached hydrogens (primary N) is 1. The third-order valence-electron chi connectivity index (χ3n) is 4.37. The van der Waals surface area contributed by atoms with E-state index < -0.39 is 49.6 Å². The summed E-state index contributed by atoms with van der Waals surface area (Å²) in [5.41, 5.74) is 5.81. The molecule has 1 aromatic rings. The van der Waals surface area contributed by atoms with Crippen molar-refractivity contribution in [2.24, 2.45) is 0 Å². The third kappa shape index (κ3) is 14.1. The molecule has 0 aromatic carbocycles. The second-order valence-electron chi connectivity index (χ2n) is 7.42. The molecule has 200 valence electrons. The lowest BCUT2D eigenvalue weighted by molar-refractivity contribution is -0.143. The molecule has 0 amide bonds. The second kappa shape index (κ2) is 16.4. The Bertz CT molecular complexity index is 744. The predicted octanol–water partition coefficient (Wildman–Crippen LogP) is 6.16. The van der Waals surface area contributed by atoms with Crippen molar-refractivity contribution < 1.29 is 35.9 Å². The maximum atomic E-state index is 12.7. The summed E-state index contributed by atoms with van der Waals surface area (Å²) in [7, 11) is 0. The van der Waals surface area contributed by atoms with Gasteiger partial charge in [0.15, 0.2) is 0 Å². The Morgan fingerprint density at radius 2 is 1.50 bits per heavy atom. The zero-order chi connectivity index (χ0) is 27.1. The van der Waals surface area contributed by atoms with Gasteiger partial charge in [0.05, 0.1) is 11.8 Å². The van der Waals surface area contributed by atoms with E-state index in [1.165, 1.54) is 0 Å². The molecule has 0 bridgehead atoms. The molecule has 6 nitrogen and oxygen atoms in total. The number of carbonyl (C=O) groups excluding carboxylic acids is 1. The van der Waals surface area contributed by atoms with Gasteiger partial charge in [-0.2, -0.15) is 26.3 Å². The fourth-order valence-corrected chi connectivity index (χ4v) is 2.95. The summed E-state index contributed by atoms with van der Waals surface area (Å²) in [6, 6.07) is -1.32. The van der Waals surface area contributed by atoms with Gasteiger partial charge in [0.2, 0.25) is 5.95 Å². The maximum absolute atomic E-state index is 12.7. The molecule has 0 unspecified atom stereocenters. The summed E-state index contributed by atoms with van der Waals surface area (Å²) in [5.74, 6) is -0.346. The van der Waals surface area contributed by atoms with Crippen LogP contribution in [0.25, 0.3) is 0 Å². The number of alkyl halides is 6. The van der Waals surface area contributed by atoms with Crippen molar-refractivity contribution in [2.75, 3.05) is 5.73 Å². The molecular formula is C22H37F6N3O3. The van der Waals surface area contributed by atoms with E-state index in [2.05, 4.69) is 9.72 Å². The highest BCUT2D eigenvalue weighted by Gasteiger charge is 2.33. The molecule has 34 heavy (non-hydrogen) atoms. The third-order valence-corrected chi connectivity index (χ3v) is 4.37. The van der Waals surface area contributed by atoms with Crippen molar-refractivity contribution in [1.29, 1.82) is 0 Å². The van der Waals surface area contributed by atoms with Crippen molar-refractivity contribution in [3.8, 4) is 0 Å². The molecule has 1 rings (SSSR count). The molecule has 0 aliphatic rings. The molecule has 0 atom stereocenters. The van der Waals surface area contributed by atoms with Crippen molar-refractivity contribution in [3.05, 3.63) is 21.6 Å². The van der Waals surface area contributed by atoms with E-state index >= 15 is 0 Å². The first kappa shape index (κ1) is 33.9. The summed E-state index contributed by atoms with van der Waals surface area (Å²) in [4.78, 5) is 26.2. The van der Waals surface area contributed by atoms with Crippen LogP contribution in [0, 0.1) is 0 Å². The monoisotopic (exact) mass is 505 g/mol. The summed E-state index contributed by atoms with van der Waals surface area (Å²) in [6.07, 6.45) is -11.7. The molecule has 0 saturated heterocycles. The Labute approximate surface area is 196 Å². The van der Waals surface area contributed by atoms with Gasteiger partial charge in [-0.3, -0.25) is 14.2 Å². The first-order valence-electron chi connectivity index (χ1n) is 11.3. The highest BCUT2D eigenvalue weighted by atomic mass is 19.4. The zero-order valence-electron chi connectivity index (χ0n) is 20.6. The fraction of sp³-hybridized carbons (Fsp3) is 0.773. The lowest BCUT2D eigenvalue weighted by Crippen LogP contribution is -2.33. The first-order chi connectivity index (χ1) is 15.7. The number of aromatic nitrogens is 2. The van der Waals surface area contributed by atoms with Crippen LogP contribution in [0.4, 0.5) is 32.3 Å². The number of nitrogens with zero attached hydrogens (tertiary/aromatic N) is 2. The van der Waals surface area contributed by atoms with Gasteiger partial charge in [0, 0.05) is 24.4 Å². The van der Waals surface area contributed by atoms with Crippen LogP contribution >= 0.6 is 0 Å². The Balaban J connectivity index is 0. The van der Waals surface area contributed by atoms with Gasteiger partial charge in [-0.05, 0) is 39.5 Å². The summed E-state index contributed by atoms with van der Waals surface area (Å²) >= 11 is 0. The molecule has 12 heteroatoms. The molecule has 0 radical (unpaired) electrons. The van der Waals surface area contributed by atoms with Gasteiger partial charge in [-0.15, -0.1) is 0 Å². The number of rotatable bonds is 10. The number of nitrogen functional groups attached to an aromatic ring is 1. The Hall–Kier alpha value is -2.27. The average molecular weight is 506 g/mol. The standard InChI is InChI=1S/C16H23F6N3O.C4H8O2.C2H6/c1-3-5-11-12(4-2)24-14(23)25(13(11)26)10(6-8-15(17,18)19)7-9-16(20,21)22;1-4(2)6-3-5;1-2/h10H,3-9H2,1-2H3,(H2,23,24);3-4H,1-2H3;1-2H3. The quantitative estimate of drug-likeness (QED) is 0.304. The zero-order valence-corrected chi connectivity index (χ0v) is 20.6. The van der Waals surface area contributed by atoms with Gasteiger partial charge in [-0.25, -0.2) is 4.98 Å². The minimum Gasteiger partial charge on any atom is -0.465 e. The van der Waals surface area contributed by atoms with Crippen LogP contribution in [0.1, 0.15) is 90.9 Å². The summed E-state index contributed by atoms with van der Waals surface area (Å²) in [5, 5.41) is 0. The van der Waals surface area contributed by atoms with Crippen LogP contribution in [-0.4, -0.2) is 34.5 Å². The van der Waals surface area contributed by atoms with E-state index in [-0.39, 0.29) is 12.1 Å². The molecule has 0 saturated carbocycles. The largest absolute Gasteiger partial charge is 0.465 e. The van der Waals surface area contributed by atoms with Crippen LogP contribution in [-0.2, 0) is 22.4 Å². The van der Waals surface area contributed by atoms with E-state index in [9.17, 15) is 35.9 Å². The van der Waals surface area contributed by atoms with E-state index in [4.69, 9.17) is 5.73 Å². The van der Waals surface area contributed by atoms with Crippen molar-refractivity contribution >= 4 is 12.4 Å². The number of ether oxygens (including phenoxy) is 1. The molecule has 0 aliphatic carbocycles. The van der Waals surface area contributed by atoms with Crippen LogP contribution in [0.3, 0.4) is 0 Å². The number of hydrogen-bond acceptors (Lipinski definition) is 5. The normalized spacial score (nSPS) is 11.5. The molecule has 0 spiro atoms. The highest BCUT2D eigenvalue weighted by molar-refractivity contribution is 5.37. The molecule has 1 aromatic heterocycles. The van der Waals surface area contributed by atoms with E-state index in [0.29, 0.717) is 37.0 Å². The van der Waals surface area contributed by atoms with Crippen LogP contribution in [0.5, 0.6) is 0 Å². The number of halogens is 6. The summed E-state index contributed by atoms with van der Waals surface area (Å²) in [6.45, 7) is 11.6. The molecule has 1 heterocycles. The van der Waals surface area contributed by atoms with Gasteiger partial charge in [0.1, 0.15) is 0 Å². The minimum absolute atomic E-state index is 0.0301. The molecule has 0 fully saturated rings. The topological polar surface area (TPSA) is 87.2 Å². The fourth-order valence-electron chi connectivity index (χ4n) is 2.95. The average Bonchev–Trinajstić information content (AvgIpc) is 2.71. The van der Waals surface area contributed by atoms with Crippen LogP contribution < -0.4 is 11.3 Å². The minimum atomic E-state index is -4.54. The highest BCUT2D eigenvalue weighted by Crippen LogP contribution is 2.32. The number of anilines is 1. The van der Waals surface area contributed by atoms with Gasteiger partial charge < -0.3 is 10.5 Å². The molecule has 2 N–H and O–H groups in total. The Kier molecular flexibility index (Phi) is 16.3. The molecule has 0 aliphatic heterocycles.